The van der Waals surface area contributed by atoms with E-state index in [4.69, 9.17) is 0 Å². The van der Waals surface area contributed by atoms with Gasteiger partial charge in [0.1, 0.15) is 0 Å². The second-order valence-electron chi connectivity index (χ2n) is 5.57. The van der Waals surface area contributed by atoms with Crippen molar-refractivity contribution in [2.45, 2.75) is 31.5 Å². The Bertz CT molecular complexity index is 700. The third kappa shape index (κ3) is 2.70. The van der Waals surface area contributed by atoms with Crippen molar-refractivity contribution in [3.8, 4) is 0 Å². The number of aromatic nitrogens is 5. The molecule has 0 aromatic carbocycles. The highest BCUT2D eigenvalue weighted by molar-refractivity contribution is 7.89. The molecule has 8 nitrogen and oxygen atoms in total. The summed E-state index contributed by atoms with van der Waals surface area (Å²) in [6.45, 7) is 5.64. The summed E-state index contributed by atoms with van der Waals surface area (Å²) in [6, 6.07) is 0.193. The number of imidazole rings is 1. The van der Waals surface area contributed by atoms with Gasteiger partial charge in [-0.3, -0.25) is 4.68 Å². The number of rotatable bonds is 5. The maximum absolute atomic E-state index is 12.4. The highest BCUT2D eigenvalue weighted by Gasteiger charge is 2.38. The molecule has 0 amide bonds. The van der Waals surface area contributed by atoms with Crippen LogP contribution in [-0.2, 0) is 16.6 Å². The average Bonchev–Trinajstić information content (AvgIpc) is 3.04. The highest BCUT2D eigenvalue weighted by atomic mass is 32.2. The summed E-state index contributed by atoms with van der Waals surface area (Å²) in [7, 11) is -3.47. The molecular weight excluding hydrogens is 292 g/mol. The number of hydrogen-bond acceptors (Lipinski definition) is 5. The van der Waals surface area contributed by atoms with Crippen LogP contribution in [0.1, 0.15) is 19.9 Å². The molecule has 1 fully saturated rings. The van der Waals surface area contributed by atoms with Gasteiger partial charge in [0.2, 0.25) is 0 Å². The van der Waals surface area contributed by atoms with Crippen molar-refractivity contribution in [2.75, 3.05) is 13.1 Å². The van der Waals surface area contributed by atoms with E-state index < -0.39 is 10.0 Å². The summed E-state index contributed by atoms with van der Waals surface area (Å²) in [5.74, 6) is 0.272. The fourth-order valence-corrected chi connectivity index (χ4v) is 3.81. The first-order valence-corrected chi connectivity index (χ1v) is 8.28. The van der Waals surface area contributed by atoms with Crippen LogP contribution >= 0.6 is 0 Å². The van der Waals surface area contributed by atoms with Crippen LogP contribution in [-0.4, -0.2) is 50.4 Å². The molecule has 0 aliphatic carbocycles. The molecule has 0 bridgehead atoms. The van der Waals surface area contributed by atoms with Crippen molar-refractivity contribution < 1.29 is 8.42 Å². The van der Waals surface area contributed by atoms with Crippen molar-refractivity contribution in [3.05, 3.63) is 24.9 Å². The maximum Gasteiger partial charge on any atom is 0.262 e. The molecule has 0 spiro atoms. The Morgan fingerprint density at radius 1 is 1.38 bits per heavy atom. The van der Waals surface area contributed by atoms with Crippen molar-refractivity contribution in [2.24, 2.45) is 5.92 Å². The maximum atomic E-state index is 12.4. The van der Waals surface area contributed by atoms with Gasteiger partial charge in [0.15, 0.2) is 5.03 Å². The van der Waals surface area contributed by atoms with Crippen LogP contribution in [0.15, 0.2) is 29.9 Å². The summed E-state index contributed by atoms with van der Waals surface area (Å²) < 4.78 is 29.8. The number of nitrogens with zero attached hydrogens (tertiary/aromatic N) is 6. The van der Waals surface area contributed by atoms with Crippen LogP contribution in [0.4, 0.5) is 0 Å². The first kappa shape index (κ1) is 14.2. The molecule has 2 aromatic rings. The van der Waals surface area contributed by atoms with Crippen LogP contribution in [0.3, 0.4) is 0 Å². The standard InChI is InChI=1S/C12H18N6O2S/c1-10(2)16-8-12(13-9-16)21(19,20)18-6-11(7-18)5-17-4-3-14-15-17/h3-4,8-11H,5-7H2,1-2H3. The van der Waals surface area contributed by atoms with Gasteiger partial charge in [0.25, 0.3) is 10.0 Å². The summed E-state index contributed by atoms with van der Waals surface area (Å²) in [4.78, 5) is 4.02. The fourth-order valence-electron chi connectivity index (χ4n) is 2.29. The van der Waals surface area contributed by atoms with Gasteiger partial charge in [0, 0.05) is 44.0 Å². The van der Waals surface area contributed by atoms with E-state index in [1.54, 1.807) is 34.2 Å². The molecule has 3 rings (SSSR count). The normalized spacial score (nSPS) is 17.3. The van der Waals surface area contributed by atoms with E-state index in [0.29, 0.717) is 19.6 Å². The lowest BCUT2D eigenvalue weighted by Gasteiger charge is -2.37. The molecule has 1 saturated heterocycles. The Morgan fingerprint density at radius 3 is 2.71 bits per heavy atom. The summed E-state index contributed by atoms with van der Waals surface area (Å²) in [5, 5.41) is 7.75. The zero-order valence-corrected chi connectivity index (χ0v) is 12.8. The molecule has 0 N–H and O–H groups in total. The molecule has 1 aliphatic heterocycles. The SMILES string of the molecule is CC(C)n1cnc(S(=O)(=O)N2CC(Cn3ccnn3)C2)c1. The average molecular weight is 310 g/mol. The van der Waals surface area contributed by atoms with Crippen LogP contribution in [0.2, 0.25) is 0 Å². The quantitative estimate of drug-likeness (QED) is 0.797. The van der Waals surface area contributed by atoms with E-state index in [2.05, 4.69) is 15.3 Å². The van der Waals surface area contributed by atoms with Crippen molar-refractivity contribution in [1.29, 1.82) is 0 Å². The van der Waals surface area contributed by atoms with Gasteiger partial charge < -0.3 is 4.57 Å². The largest absolute Gasteiger partial charge is 0.334 e. The number of hydrogen-bond donors (Lipinski definition) is 0. The van der Waals surface area contributed by atoms with E-state index in [1.807, 2.05) is 13.8 Å². The van der Waals surface area contributed by atoms with Gasteiger partial charge >= 0.3 is 0 Å². The summed E-state index contributed by atoms with van der Waals surface area (Å²) in [6.07, 6.45) is 6.54. The lowest BCUT2D eigenvalue weighted by Crippen LogP contribution is -2.51. The zero-order valence-electron chi connectivity index (χ0n) is 12.0. The third-order valence-corrected chi connectivity index (χ3v) is 5.34. The van der Waals surface area contributed by atoms with Crippen LogP contribution in [0.25, 0.3) is 0 Å². The van der Waals surface area contributed by atoms with Crippen LogP contribution < -0.4 is 0 Å². The van der Waals surface area contributed by atoms with Crippen LogP contribution in [0.5, 0.6) is 0 Å². The van der Waals surface area contributed by atoms with Crippen molar-refractivity contribution >= 4 is 10.0 Å². The van der Waals surface area contributed by atoms with Crippen molar-refractivity contribution in [1.82, 2.24) is 28.9 Å². The second-order valence-corrected chi connectivity index (χ2v) is 7.45. The molecule has 0 unspecified atom stereocenters. The van der Waals surface area contributed by atoms with E-state index in [-0.39, 0.29) is 17.0 Å². The Hall–Kier alpha value is -1.74. The van der Waals surface area contributed by atoms with E-state index in [9.17, 15) is 8.42 Å². The van der Waals surface area contributed by atoms with Crippen molar-refractivity contribution in [3.63, 3.8) is 0 Å². The van der Waals surface area contributed by atoms with E-state index >= 15 is 0 Å². The topological polar surface area (TPSA) is 85.9 Å². The molecule has 114 valence electrons. The predicted molar refractivity (Wildman–Crippen MR) is 74.9 cm³/mol. The zero-order chi connectivity index (χ0) is 15.0. The highest BCUT2D eigenvalue weighted by Crippen LogP contribution is 2.25. The first-order valence-electron chi connectivity index (χ1n) is 6.84. The van der Waals surface area contributed by atoms with Gasteiger partial charge in [-0.1, -0.05) is 5.21 Å². The lowest BCUT2D eigenvalue weighted by atomic mass is 10.0. The molecule has 0 saturated carbocycles. The van der Waals surface area contributed by atoms with E-state index in [0.717, 1.165) is 0 Å². The monoisotopic (exact) mass is 310 g/mol. The molecule has 0 atom stereocenters. The molecule has 9 heteroatoms. The van der Waals surface area contributed by atoms with Gasteiger partial charge in [0.05, 0.1) is 12.5 Å². The minimum Gasteiger partial charge on any atom is -0.334 e. The second kappa shape index (κ2) is 5.23. The Balaban J connectivity index is 1.64. The predicted octanol–water partition coefficient (Wildman–Crippen LogP) is 0.376. The smallest absolute Gasteiger partial charge is 0.262 e. The first-order chi connectivity index (χ1) is 9.96. The third-order valence-electron chi connectivity index (χ3n) is 3.62. The minimum atomic E-state index is -3.47. The molecule has 1 aliphatic rings. The summed E-state index contributed by atoms with van der Waals surface area (Å²) in [5.41, 5.74) is 0. The van der Waals surface area contributed by atoms with Gasteiger partial charge in [-0.05, 0) is 13.8 Å². The van der Waals surface area contributed by atoms with Gasteiger partial charge in [-0.15, -0.1) is 5.10 Å². The molecular formula is C12H18N6O2S. The van der Waals surface area contributed by atoms with Gasteiger partial charge in [-0.25, -0.2) is 13.4 Å². The van der Waals surface area contributed by atoms with Gasteiger partial charge in [-0.2, -0.15) is 4.31 Å². The number of sulfonamides is 1. The molecule has 3 heterocycles. The molecule has 0 radical (unpaired) electrons. The Morgan fingerprint density at radius 2 is 2.14 bits per heavy atom. The molecule has 21 heavy (non-hydrogen) atoms. The minimum absolute atomic E-state index is 0.121. The van der Waals surface area contributed by atoms with E-state index in [1.165, 1.54) is 4.31 Å². The molecule has 2 aromatic heterocycles. The van der Waals surface area contributed by atoms with Crippen LogP contribution in [0, 0.1) is 5.92 Å². The lowest BCUT2D eigenvalue weighted by molar-refractivity contribution is 0.173. The Labute approximate surface area is 123 Å². The fraction of sp³-hybridized carbons (Fsp3) is 0.583. The summed E-state index contributed by atoms with van der Waals surface area (Å²) >= 11 is 0. The Kier molecular flexibility index (Phi) is 3.54.